The Labute approximate surface area is 214 Å². The zero-order valence-corrected chi connectivity index (χ0v) is 21.5. The Morgan fingerprint density at radius 2 is 1.80 bits per heavy atom. The van der Waals surface area contributed by atoms with Crippen molar-refractivity contribution in [3.05, 3.63) is 89.2 Å². The number of sulfonamides is 1. The van der Waals surface area contributed by atoms with Crippen LogP contribution in [-0.2, 0) is 20.6 Å². The minimum absolute atomic E-state index is 0.0411. The molecular weight excluding hydrogens is 511 g/mol. The SMILES string of the molecule is COc1ccc(Cl)cc1N(CC(=O)NCCCSCc1ccccc1F)S(=O)(=O)c1ccccc1. The van der Waals surface area contributed by atoms with Crippen LogP contribution in [0.15, 0.2) is 77.7 Å². The minimum Gasteiger partial charge on any atom is -0.495 e. The van der Waals surface area contributed by atoms with E-state index < -0.39 is 22.5 Å². The molecule has 0 aliphatic rings. The van der Waals surface area contributed by atoms with Gasteiger partial charge in [0.05, 0.1) is 17.7 Å². The second-order valence-corrected chi connectivity index (χ2v) is 10.9. The van der Waals surface area contributed by atoms with Crippen LogP contribution in [0.4, 0.5) is 10.1 Å². The number of thioether (sulfide) groups is 1. The van der Waals surface area contributed by atoms with Crippen molar-refractivity contribution in [2.24, 2.45) is 0 Å². The molecule has 186 valence electrons. The highest BCUT2D eigenvalue weighted by Gasteiger charge is 2.29. The number of methoxy groups -OCH3 is 1. The van der Waals surface area contributed by atoms with E-state index in [0.717, 1.165) is 4.31 Å². The maximum Gasteiger partial charge on any atom is 0.264 e. The van der Waals surface area contributed by atoms with Gasteiger partial charge in [0.25, 0.3) is 10.0 Å². The third-order valence-electron chi connectivity index (χ3n) is 5.03. The molecule has 6 nitrogen and oxygen atoms in total. The van der Waals surface area contributed by atoms with Crippen LogP contribution >= 0.6 is 23.4 Å². The van der Waals surface area contributed by atoms with E-state index in [1.807, 2.05) is 0 Å². The van der Waals surface area contributed by atoms with Crippen LogP contribution in [0.5, 0.6) is 5.75 Å². The van der Waals surface area contributed by atoms with E-state index in [0.29, 0.717) is 35.1 Å². The molecule has 0 atom stereocenters. The standard InChI is InChI=1S/C25H26ClFN2O4S2/c1-33-24-13-12-20(26)16-23(24)29(35(31,32)21-9-3-2-4-10-21)17-25(30)28-14-7-15-34-18-19-8-5-6-11-22(19)27/h2-6,8-13,16H,7,14-15,17-18H2,1H3,(H,28,30). The number of nitrogens with one attached hydrogen (secondary N) is 1. The highest BCUT2D eigenvalue weighted by molar-refractivity contribution is 7.98. The third kappa shape index (κ3) is 7.37. The number of rotatable bonds is 12. The van der Waals surface area contributed by atoms with Gasteiger partial charge in [0, 0.05) is 17.3 Å². The smallest absolute Gasteiger partial charge is 0.264 e. The van der Waals surface area contributed by atoms with E-state index >= 15 is 0 Å². The Kier molecular flexibility index (Phi) is 9.83. The van der Waals surface area contributed by atoms with Gasteiger partial charge in [0.1, 0.15) is 18.1 Å². The van der Waals surface area contributed by atoms with E-state index in [2.05, 4.69) is 5.32 Å². The summed E-state index contributed by atoms with van der Waals surface area (Å²) in [5, 5.41) is 3.07. The lowest BCUT2D eigenvalue weighted by Crippen LogP contribution is -2.41. The largest absolute Gasteiger partial charge is 0.495 e. The molecule has 0 fully saturated rings. The quantitative estimate of drug-likeness (QED) is 0.325. The van der Waals surface area contributed by atoms with Gasteiger partial charge in [0.2, 0.25) is 5.91 Å². The third-order valence-corrected chi connectivity index (χ3v) is 8.13. The Morgan fingerprint density at radius 1 is 1.09 bits per heavy atom. The summed E-state index contributed by atoms with van der Waals surface area (Å²) >= 11 is 7.70. The van der Waals surface area contributed by atoms with E-state index in [1.165, 1.54) is 31.4 Å². The molecule has 10 heteroatoms. The van der Waals surface area contributed by atoms with Gasteiger partial charge in [-0.1, -0.05) is 48.0 Å². The predicted octanol–water partition coefficient (Wildman–Crippen LogP) is 5.12. The van der Waals surface area contributed by atoms with Crippen molar-refractivity contribution in [1.29, 1.82) is 0 Å². The van der Waals surface area contributed by atoms with Crippen molar-refractivity contribution in [2.45, 2.75) is 17.1 Å². The molecule has 3 aromatic carbocycles. The monoisotopic (exact) mass is 536 g/mol. The zero-order valence-electron chi connectivity index (χ0n) is 19.1. The summed E-state index contributed by atoms with van der Waals surface area (Å²) in [5.41, 5.74) is 0.804. The van der Waals surface area contributed by atoms with E-state index in [4.69, 9.17) is 16.3 Å². The number of halogens is 2. The average Bonchev–Trinajstić information content (AvgIpc) is 2.86. The number of nitrogens with zero attached hydrogens (tertiary/aromatic N) is 1. The number of anilines is 1. The van der Waals surface area contributed by atoms with Crippen LogP contribution in [-0.4, -0.2) is 40.3 Å². The Morgan fingerprint density at radius 3 is 2.51 bits per heavy atom. The minimum atomic E-state index is -4.08. The fourth-order valence-electron chi connectivity index (χ4n) is 3.26. The van der Waals surface area contributed by atoms with Crippen molar-refractivity contribution in [3.8, 4) is 5.75 Å². The van der Waals surface area contributed by atoms with Gasteiger partial charge in [-0.05, 0) is 54.1 Å². The van der Waals surface area contributed by atoms with Gasteiger partial charge in [-0.2, -0.15) is 11.8 Å². The normalized spacial score (nSPS) is 11.2. The first-order valence-electron chi connectivity index (χ1n) is 10.8. The summed E-state index contributed by atoms with van der Waals surface area (Å²) in [4.78, 5) is 12.8. The molecule has 1 amide bonds. The van der Waals surface area contributed by atoms with E-state index in [-0.39, 0.29) is 22.1 Å². The summed E-state index contributed by atoms with van der Waals surface area (Å²) < 4.78 is 46.9. The molecule has 0 bridgehead atoms. The second-order valence-electron chi connectivity index (χ2n) is 7.49. The predicted molar refractivity (Wildman–Crippen MR) is 139 cm³/mol. The summed E-state index contributed by atoms with van der Waals surface area (Å²) in [7, 11) is -2.66. The first-order valence-corrected chi connectivity index (χ1v) is 13.8. The van der Waals surface area contributed by atoms with Crippen LogP contribution < -0.4 is 14.4 Å². The van der Waals surface area contributed by atoms with Crippen molar-refractivity contribution in [2.75, 3.05) is 30.3 Å². The number of benzene rings is 3. The Hall–Kier alpha value is -2.75. The van der Waals surface area contributed by atoms with Crippen molar-refractivity contribution < 1.29 is 22.3 Å². The molecule has 0 aliphatic carbocycles. The van der Waals surface area contributed by atoms with Gasteiger partial charge in [-0.25, -0.2) is 12.8 Å². The maximum atomic E-state index is 13.7. The lowest BCUT2D eigenvalue weighted by molar-refractivity contribution is -0.119. The molecule has 3 rings (SSSR count). The first-order chi connectivity index (χ1) is 16.8. The van der Waals surface area contributed by atoms with Crippen LogP contribution in [0.25, 0.3) is 0 Å². The molecule has 0 aliphatic heterocycles. The van der Waals surface area contributed by atoms with Gasteiger partial charge in [-0.3, -0.25) is 9.10 Å². The summed E-state index contributed by atoms with van der Waals surface area (Å²) in [5.74, 6) is 0.822. The van der Waals surface area contributed by atoms with Gasteiger partial charge >= 0.3 is 0 Å². The van der Waals surface area contributed by atoms with Crippen LogP contribution in [0, 0.1) is 5.82 Å². The summed E-state index contributed by atoms with van der Waals surface area (Å²) in [6.07, 6.45) is 0.650. The zero-order chi connectivity index (χ0) is 25.3. The number of hydrogen-bond acceptors (Lipinski definition) is 5. The van der Waals surface area contributed by atoms with E-state index in [9.17, 15) is 17.6 Å². The second kappa shape index (κ2) is 12.8. The van der Waals surface area contributed by atoms with Crippen LogP contribution in [0.2, 0.25) is 5.02 Å². The topological polar surface area (TPSA) is 75.7 Å². The molecule has 0 saturated heterocycles. The van der Waals surface area contributed by atoms with Crippen molar-refractivity contribution >= 4 is 45.0 Å². The lowest BCUT2D eigenvalue weighted by atomic mass is 10.2. The molecule has 0 radical (unpaired) electrons. The highest BCUT2D eigenvalue weighted by Crippen LogP contribution is 2.34. The summed E-state index contributed by atoms with van der Waals surface area (Å²) in [6.45, 7) is -0.0920. The molecule has 0 heterocycles. The fourth-order valence-corrected chi connectivity index (χ4v) is 5.82. The Bertz CT molecular complexity index is 1240. The number of ether oxygens (including phenoxy) is 1. The first kappa shape index (κ1) is 26.8. The maximum absolute atomic E-state index is 13.7. The average molecular weight is 537 g/mol. The molecule has 3 aromatic rings. The molecule has 35 heavy (non-hydrogen) atoms. The molecule has 1 N–H and O–H groups in total. The Balaban J connectivity index is 1.65. The molecule has 0 saturated carbocycles. The molecule has 0 unspecified atom stereocenters. The highest BCUT2D eigenvalue weighted by atomic mass is 35.5. The van der Waals surface area contributed by atoms with Gasteiger partial charge in [0.15, 0.2) is 0 Å². The van der Waals surface area contributed by atoms with Gasteiger partial charge < -0.3 is 10.1 Å². The van der Waals surface area contributed by atoms with Crippen molar-refractivity contribution in [3.63, 3.8) is 0 Å². The van der Waals surface area contributed by atoms with Gasteiger partial charge in [-0.15, -0.1) is 0 Å². The fraction of sp³-hybridized carbons (Fsp3) is 0.240. The van der Waals surface area contributed by atoms with E-state index in [1.54, 1.807) is 60.3 Å². The van der Waals surface area contributed by atoms with Crippen LogP contribution in [0.3, 0.4) is 0 Å². The number of amides is 1. The number of carbonyl (C=O) groups is 1. The lowest BCUT2D eigenvalue weighted by Gasteiger charge is -2.25. The molecular formula is C25H26ClFN2O4S2. The summed E-state index contributed by atoms with van der Waals surface area (Å²) in [6, 6.07) is 19.1. The van der Waals surface area contributed by atoms with Crippen molar-refractivity contribution in [1.82, 2.24) is 5.32 Å². The number of carbonyl (C=O) groups excluding carboxylic acids is 1. The molecule has 0 aromatic heterocycles. The number of hydrogen-bond donors (Lipinski definition) is 1. The van der Waals surface area contributed by atoms with Crippen LogP contribution in [0.1, 0.15) is 12.0 Å². The molecule has 0 spiro atoms.